The summed E-state index contributed by atoms with van der Waals surface area (Å²) >= 11 is 0. The van der Waals surface area contributed by atoms with Gasteiger partial charge in [0, 0.05) is 0 Å². The van der Waals surface area contributed by atoms with Crippen LogP contribution in [0.15, 0.2) is 30.3 Å². The first-order chi connectivity index (χ1) is 6.90. The van der Waals surface area contributed by atoms with Gasteiger partial charge in [-0.25, -0.2) is 0 Å². The molecule has 1 aliphatic rings. The molecule has 14 heavy (non-hydrogen) atoms. The summed E-state index contributed by atoms with van der Waals surface area (Å²) < 4.78 is 5.62. The highest BCUT2D eigenvalue weighted by Gasteiger charge is 2.35. The van der Waals surface area contributed by atoms with Gasteiger partial charge in [-0.1, -0.05) is 30.3 Å². The lowest BCUT2D eigenvalue weighted by atomic mass is 10.2. The lowest BCUT2D eigenvalue weighted by molar-refractivity contribution is 0.108. The minimum atomic E-state index is 0.726. The van der Waals surface area contributed by atoms with E-state index in [-0.39, 0.29) is 0 Å². The van der Waals surface area contributed by atoms with Crippen molar-refractivity contribution in [1.82, 2.24) is 0 Å². The summed E-state index contributed by atoms with van der Waals surface area (Å²) in [6, 6.07) is 10.3. The van der Waals surface area contributed by atoms with Crippen molar-refractivity contribution in [2.24, 2.45) is 17.6 Å². The van der Waals surface area contributed by atoms with Gasteiger partial charge in [-0.15, -0.1) is 0 Å². The second-order valence-electron chi connectivity index (χ2n) is 3.99. The van der Waals surface area contributed by atoms with Gasteiger partial charge in [0.1, 0.15) is 0 Å². The topological polar surface area (TPSA) is 35.2 Å². The Bertz CT molecular complexity index is 273. The third-order valence-corrected chi connectivity index (χ3v) is 2.82. The molecular formula is C12H17NO. The second-order valence-corrected chi connectivity index (χ2v) is 3.99. The van der Waals surface area contributed by atoms with Gasteiger partial charge in [0.05, 0.1) is 13.2 Å². The van der Waals surface area contributed by atoms with Crippen LogP contribution in [0.1, 0.15) is 12.0 Å². The largest absolute Gasteiger partial charge is 0.376 e. The van der Waals surface area contributed by atoms with Crippen LogP contribution in [0.3, 0.4) is 0 Å². The molecule has 1 aromatic rings. The fraction of sp³-hybridized carbons (Fsp3) is 0.500. The Kier molecular flexibility index (Phi) is 3.17. The van der Waals surface area contributed by atoms with E-state index in [1.807, 2.05) is 18.2 Å². The molecule has 1 aromatic carbocycles. The van der Waals surface area contributed by atoms with E-state index in [1.165, 1.54) is 12.0 Å². The lowest BCUT2D eigenvalue weighted by Gasteiger charge is -2.03. The monoisotopic (exact) mass is 191 g/mol. The molecule has 0 spiro atoms. The Morgan fingerprint density at radius 2 is 2.00 bits per heavy atom. The van der Waals surface area contributed by atoms with E-state index in [1.54, 1.807) is 0 Å². The third-order valence-electron chi connectivity index (χ3n) is 2.82. The predicted octanol–water partition coefficient (Wildman–Crippen LogP) is 1.80. The average molecular weight is 191 g/mol. The van der Waals surface area contributed by atoms with Crippen molar-refractivity contribution in [3.8, 4) is 0 Å². The molecule has 2 rings (SSSR count). The van der Waals surface area contributed by atoms with Gasteiger partial charge < -0.3 is 10.5 Å². The smallest absolute Gasteiger partial charge is 0.0717 e. The van der Waals surface area contributed by atoms with Crippen LogP contribution in [-0.4, -0.2) is 13.2 Å². The average Bonchev–Trinajstić information content (AvgIpc) is 2.98. The molecule has 1 aliphatic carbocycles. The summed E-state index contributed by atoms with van der Waals surface area (Å²) in [4.78, 5) is 0. The highest BCUT2D eigenvalue weighted by molar-refractivity contribution is 5.13. The molecule has 0 aliphatic heterocycles. The maximum Gasteiger partial charge on any atom is 0.0717 e. The Labute approximate surface area is 85.1 Å². The van der Waals surface area contributed by atoms with Crippen LogP contribution in [0.2, 0.25) is 0 Å². The van der Waals surface area contributed by atoms with Crippen LogP contribution in [0.25, 0.3) is 0 Å². The maximum absolute atomic E-state index is 5.62. The Morgan fingerprint density at radius 1 is 1.21 bits per heavy atom. The van der Waals surface area contributed by atoms with Crippen LogP contribution < -0.4 is 5.73 Å². The standard InChI is InChI=1S/C12H17NO/c13-7-11-6-12(11)9-14-8-10-4-2-1-3-5-10/h1-5,11-12H,6-9,13H2/t11-,12+/m0/s1. The summed E-state index contributed by atoms with van der Waals surface area (Å²) in [6.07, 6.45) is 1.26. The molecule has 0 saturated heterocycles. The summed E-state index contributed by atoms with van der Waals surface area (Å²) in [6.45, 7) is 2.42. The van der Waals surface area contributed by atoms with Crippen molar-refractivity contribution in [3.63, 3.8) is 0 Å². The molecule has 0 unspecified atom stereocenters. The van der Waals surface area contributed by atoms with E-state index >= 15 is 0 Å². The second kappa shape index (κ2) is 4.58. The highest BCUT2D eigenvalue weighted by Crippen LogP contribution is 2.37. The van der Waals surface area contributed by atoms with Crippen LogP contribution in [-0.2, 0) is 11.3 Å². The van der Waals surface area contributed by atoms with Crippen LogP contribution in [0, 0.1) is 11.8 Å². The third kappa shape index (κ3) is 2.56. The normalized spacial score (nSPS) is 24.9. The van der Waals surface area contributed by atoms with Crippen LogP contribution in [0.5, 0.6) is 0 Å². The number of ether oxygens (including phenoxy) is 1. The number of nitrogens with two attached hydrogens (primary N) is 1. The quantitative estimate of drug-likeness (QED) is 0.770. The molecule has 0 bridgehead atoms. The maximum atomic E-state index is 5.62. The summed E-state index contributed by atoms with van der Waals surface area (Å²) in [5, 5.41) is 0. The molecule has 2 heteroatoms. The van der Waals surface area contributed by atoms with E-state index in [0.717, 1.165) is 31.6 Å². The summed E-state index contributed by atoms with van der Waals surface area (Å²) in [7, 11) is 0. The summed E-state index contributed by atoms with van der Waals surface area (Å²) in [5.74, 6) is 1.45. The van der Waals surface area contributed by atoms with Gasteiger partial charge in [-0.3, -0.25) is 0 Å². The Balaban J connectivity index is 1.64. The number of hydrogen-bond donors (Lipinski definition) is 1. The first-order valence-corrected chi connectivity index (χ1v) is 5.22. The fourth-order valence-corrected chi connectivity index (χ4v) is 1.71. The van der Waals surface area contributed by atoms with Crippen LogP contribution >= 0.6 is 0 Å². The van der Waals surface area contributed by atoms with Crippen molar-refractivity contribution in [3.05, 3.63) is 35.9 Å². The fourth-order valence-electron chi connectivity index (χ4n) is 1.71. The van der Waals surface area contributed by atoms with Crippen molar-refractivity contribution in [2.75, 3.05) is 13.2 Å². The minimum Gasteiger partial charge on any atom is -0.376 e. The SMILES string of the molecule is NC[C@@H]1C[C@@H]1COCc1ccccc1. The number of hydrogen-bond acceptors (Lipinski definition) is 2. The number of benzene rings is 1. The van der Waals surface area contributed by atoms with Crippen molar-refractivity contribution in [1.29, 1.82) is 0 Å². The minimum absolute atomic E-state index is 0.726. The van der Waals surface area contributed by atoms with E-state index in [9.17, 15) is 0 Å². The molecule has 0 aromatic heterocycles. The first kappa shape index (κ1) is 9.69. The zero-order valence-electron chi connectivity index (χ0n) is 8.36. The van der Waals surface area contributed by atoms with Gasteiger partial charge in [-0.2, -0.15) is 0 Å². The molecule has 2 N–H and O–H groups in total. The van der Waals surface area contributed by atoms with Gasteiger partial charge in [0.2, 0.25) is 0 Å². The van der Waals surface area contributed by atoms with Gasteiger partial charge in [-0.05, 0) is 30.4 Å². The zero-order valence-corrected chi connectivity index (χ0v) is 8.36. The molecule has 2 atom stereocenters. The van der Waals surface area contributed by atoms with Gasteiger partial charge >= 0.3 is 0 Å². The van der Waals surface area contributed by atoms with Crippen LogP contribution in [0.4, 0.5) is 0 Å². The molecule has 1 fully saturated rings. The summed E-state index contributed by atoms with van der Waals surface area (Å²) in [5.41, 5.74) is 6.80. The predicted molar refractivity (Wildman–Crippen MR) is 56.7 cm³/mol. The Hall–Kier alpha value is -0.860. The molecular weight excluding hydrogens is 174 g/mol. The van der Waals surface area contributed by atoms with Gasteiger partial charge in [0.25, 0.3) is 0 Å². The van der Waals surface area contributed by atoms with E-state index < -0.39 is 0 Å². The first-order valence-electron chi connectivity index (χ1n) is 5.22. The van der Waals surface area contributed by atoms with Crippen molar-refractivity contribution in [2.45, 2.75) is 13.0 Å². The molecule has 0 heterocycles. The molecule has 76 valence electrons. The van der Waals surface area contributed by atoms with E-state index in [2.05, 4.69) is 12.1 Å². The molecule has 2 nitrogen and oxygen atoms in total. The number of rotatable bonds is 5. The molecule has 0 radical (unpaired) electrons. The lowest BCUT2D eigenvalue weighted by Crippen LogP contribution is -2.05. The highest BCUT2D eigenvalue weighted by atomic mass is 16.5. The van der Waals surface area contributed by atoms with Crippen molar-refractivity contribution >= 4 is 0 Å². The van der Waals surface area contributed by atoms with Crippen molar-refractivity contribution < 1.29 is 4.74 Å². The van der Waals surface area contributed by atoms with Gasteiger partial charge in [0.15, 0.2) is 0 Å². The Morgan fingerprint density at radius 3 is 2.64 bits per heavy atom. The zero-order chi connectivity index (χ0) is 9.80. The molecule has 1 saturated carbocycles. The van der Waals surface area contributed by atoms with E-state index in [0.29, 0.717) is 0 Å². The van der Waals surface area contributed by atoms with E-state index in [4.69, 9.17) is 10.5 Å². The molecule has 0 amide bonds.